The van der Waals surface area contributed by atoms with Crippen LogP contribution in [0.3, 0.4) is 0 Å². The lowest BCUT2D eigenvalue weighted by Gasteiger charge is -2.27. The van der Waals surface area contributed by atoms with Gasteiger partial charge in [0.05, 0.1) is 6.61 Å². The monoisotopic (exact) mass is 259 g/mol. The van der Waals surface area contributed by atoms with Crippen molar-refractivity contribution in [2.24, 2.45) is 5.92 Å². The van der Waals surface area contributed by atoms with Gasteiger partial charge in [0.25, 0.3) is 0 Å². The molecule has 1 atom stereocenters. The normalized spacial score (nSPS) is 12.3. The van der Waals surface area contributed by atoms with E-state index >= 15 is 0 Å². The molecule has 104 valence electrons. The SMILES string of the molecule is CCC(=O)N(C(=O)CC(C)C)[C@@H](COC)C(=O)O. The second-order valence-electron chi connectivity index (χ2n) is 4.42. The van der Waals surface area contributed by atoms with Crippen LogP contribution in [0.15, 0.2) is 0 Å². The number of carbonyl (C=O) groups excluding carboxylic acids is 2. The van der Waals surface area contributed by atoms with Gasteiger partial charge in [-0.15, -0.1) is 0 Å². The van der Waals surface area contributed by atoms with Crippen molar-refractivity contribution in [3.05, 3.63) is 0 Å². The van der Waals surface area contributed by atoms with Crippen molar-refractivity contribution in [2.75, 3.05) is 13.7 Å². The molecule has 0 aliphatic carbocycles. The number of carboxylic acids is 1. The molecule has 0 aromatic carbocycles. The average Bonchev–Trinajstić information content (AvgIpc) is 2.26. The number of aliphatic carboxylic acids is 1. The summed E-state index contributed by atoms with van der Waals surface area (Å²) in [6, 6.07) is -1.26. The molecule has 0 saturated heterocycles. The Morgan fingerprint density at radius 1 is 1.22 bits per heavy atom. The lowest BCUT2D eigenvalue weighted by molar-refractivity contribution is -0.160. The van der Waals surface area contributed by atoms with E-state index in [1.54, 1.807) is 6.92 Å². The zero-order valence-corrected chi connectivity index (χ0v) is 11.3. The number of carboxylic acid groups (broad SMARTS) is 1. The molecule has 0 spiro atoms. The third-order valence-electron chi connectivity index (χ3n) is 2.34. The standard InChI is InChI=1S/C12H21NO5/c1-5-10(14)13(11(15)6-8(2)3)9(7-18-4)12(16)17/h8-9H,5-7H2,1-4H3,(H,16,17)/t9-/m0/s1. The summed E-state index contributed by atoms with van der Waals surface area (Å²) in [5.41, 5.74) is 0. The molecule has 0 rings (SSSR count). The summed E-state index contributed by atoms with van der Waals surface area (Å²) in [6.45, 7) is 5.05. The molecule has 2 amide bonds. The first-order chi connectivity index (χ1) is 8.34. The summed E-state index contributed by atoms with van der Waals surface area (Å²) < 4.78 is 4.77. The van der Waals surface area contributed by atoms with Crippen LogP contribution in [0.25, 0.3) is 0 Å². The van der Waals surface area contributed by atoms with Gasteiger partial charge in [0.1, 0.15) is 0 Å². The highest BCUT2D eigenvalue weighted by Crippen LogP contribution is 2.11. The number of carbonyl (C=O) groups is 3. The van der Waals surface area contributed by atoms with Crippen molar-refractivity contribution >= 4 is 17.8 Å². The lowest BCUT2D eigenvalue weighted by Crippen LogP contribution is -2.51. The van der Waals surface area contributed by atoms with E-state index in [0.29, 0.717) is 0 Å². The zero-order chi connectivity index (χ0) is 14.3. The Hall–Kier alpha value is -1.43. The molecule has 0 heterocycles. The van der Waals surface area contributed by atoms with Gasteiger partial charge in [-0.3, -0.25) is 14.5 Å². The molecule has 0 radical (unpaired) electrons. The second-order valence-corrected chi connectivity index (χ2v) is 4.42. The summed E-state index contributed by atoms with van der Waals surface area (Å²) in [5.74, 6) is -2.15. The van der Waals surface area contributed by atoms with E-state index in [-0.39, 0.29) is 25.4 Å². The number of nitrogens with zero attached hydrogens (tertiary/aromatic N) is 1. The minimum absolute atomic E-state index is 0.0571. The Kier molecular flexibility index (Phi) is 7.19. The first kappa shape index (κ1) is 16.6. The first-order valence-electron chi connectivity index (χ1n) is 5.91. The fourth-order valence-corrected chi connectivity index (χ4v) is 1.52. The highest BCUT2D eigenvalue weighted by Gasteiger charge is 2.33. The molecule has 0 unspecified atom stereocenters. The largest absolute Gasteiger partial charge is 0.480 e. The molecule has 6 nitrogen and oxygen atoms in total. The third-order valence-corrected chi connectivity index (χ3v) is 2.34. The predicted molar refractivity (Wildman–Crippen MR) is 64.9 cm³/mol. The Bertz CT molecular complexity index is 314. The smallest absolute Gasteiger partial charge is 0.329 e. The van der Waals surface area contributed by atoms with Crippen LogP contribution in [0.1, 0.15) is 33.6 Å². The molecule has 18 heavy (non-hydrogen) atoms. The van der Waals surface area contributed by atoms with Gasteiger partial charge in [-0.05, 0) is 5.92 Å². The van der Waals surface area contributed by atoms with Gasteiger partial charge in [-0.2, -0.15) is 0 Å². The van der Waals surface area contributed by atoms with Gasteiger partial charge in [-0.25, -0.2) is 4.79 Å². The quantitative estimate of drug-likeness (QED) is 0.734. The number of ether oxygens (including phenoxy) is 1. The summed E-state index contributed by atoms with van der Waals surface area (Å²) >= 11 is 0. The summed E-state index contributed by atoms with van der Waals surface area (Å²) in [4.78, 5) is 35.6. The van der Waals surface area contributed by atoms with Crippen LogP contribution in [0.5, 0.6) is 0 Å². The van der Waals surface area contributed by atoms with Crippen molar-refractivity contribution in [1.82, 2.24) is 4.90 Å². The van der Waals surface area contributed by atoms with E-state index in [4.69, 9.17) is 9.84 Å². The van der Waals surface area contributed by atoms with Crippen LogP contribution in [0.4, 0.5) is 0 Å². The summed E-state index contributed by atoms with van der Waals surface area (Å²) in [7, 11) is 1.33. The molecule has 0 bridgehead atoms. The third kappa shape index (κ3) is 4.83. The van der Waals surface area contributed by atoms with E-state index in [1.807, 2.05) is 13.8 Å². The average molecular weight is 259 g/mol. The van der Waals surface area contributed by atoms with Crippen molar-refractivity contribution in [2.45, 2.75) is 39.7 Å². The molecule has 0 saturated carbocycles. The summed E-state index contributed by atoms with van der Waals surface area (Å²) in [5, 5.41) is 9.08. The highest BCUT2D eigenvalue weighted by molar-refractivity contribution is 5.99. The van der Waals surface area contributed by atoms with Gasteiger partial charge in [0.2, 0.25) is 11.8 Å². The topological polar surface area (TPSA) is 83.9 Å². The maximum Gasteiger partial charge on any atom is 0.329 e. The van der Waals surface area contributed by atoms with Gasteiger partial charge in [0.15, 0.2) is 6.04 Å². The zero-order valence-electron chi connectivity index (χ0n) is 11.3. The van der Waals surface area contributed by atoms with E-state index in [1.165, 1.54) is 7.11 Å². The molecular formula is C12H21NO5. The van der Waals surface area contributed by atoms with Gasteiger partial charge in [-0.1, -0.05) is 20.8 Å². The molecule has 0 aliphatic heterocycles. The van der Waals surface area contributed by atoms with E-state index < -0.39 is 23.8 Å². The maximum atomic E-state index is 12.0. The van der Waals surface area contributed by atoms with E-state index in [9.17, 15) is 14.4 Å². The highest BCUT2D eigenvalue weighted by atomic mass is 16.5. The van der Waals surface area contributed by atoms with Gasteiger partial charge >= 0.3 is 5.97 Å². The fraction of sp³-hybridized carbons (Fsp3) is 0.750. The van der Waals surface area contributed by atoms with Gasteiger partial charge in [0, 0.05) is 20.0 Å². The minimum Gasteiger partial charge on any atom is -0.480 e. The Morgan fingerprint density at radius 2 is 1.78 bits per heavy atom. The summed E-state index contributed by atoms with van der Waals surface area (Å²) in [6.07, 6.45) is 0.219. The first-order valence-corrected chi connectivity index (χ1v) is 5.91. The van der Waals surface area contributed by atoms with Crippen molar-refractivity contribution in [3.63, 3.8) is 0 Å². The minimum atomic E-state index is -1.26. The molecule has 6 heteroatoms. The van der Waals surface area contributed by atoms with Crippen LogP contribution in [-0.4, -0.2) is 47.5 Å². The Balaban J connectivity index is 5.12. The number of methoxy groups -OCH3 is 1. The van der Waals surface area contributed by atoms with Gasteiger partial charge < -0.3 is 9.84 Å². The number of rotatable bonds is 7. The molecule has 0 aromatic rings. The Labute approximate surface area is 107 Å². The van der Waals surface area contributed by atoms with Crippen LogP contribution < -0.4 is 0 Å². The number of amides is 2. The van der Waals surface area contributed by atoms with Crippen LogP contribution in [-0.2, 0) is 19.1 Å². The van der Waals surface area contributed by atoms with Crippen molar-refractivity contribution < 1.29 is 24.2 Å². The van der Waals surface area contributed by atoms with Crippen molar-refractivity contribution in [3.8, 4) is 0 Å². The molecule has 1 N–H and O–H groups in total. The molecule has 0 aromatic heterocycles. The predicted octanol–water partition coefficient (Wildman–Crippen LogP) is 0.897. The fourth-order valence-electron chi connectivity index (χ4n) is 1.52. The Morgan fingerprint density at radius 3 is 2.11 bits per heavy atom. The van der Waals surface area contributed by atoms with Crippen LogP contribution >= 0.6 is 0 Å². The second kappa shape index (κ2) is 7.81. The molecule has 0 aliphatic rings. The van der Waals surface area contributed by atoms with E-state index in [0.717, 1.165) is 4.90 Å². The number of hydrogen-bond donors (Lipinski definition) is 1. The lowest BCUT2D eigenvalue weighted by atomic mass is 10.1. The maximum absolute atomic E-state index is 12.0. The van der Waals surface area contributed by atoms with Crippen LogP contribution in [0.2, 0.25) is 0 Å². The molecular weight excluding hydrogens is 238 g/mol. The van der Waals surface area contributed by atoms with Crippen LogP contribution in [0, 0.1) is 5.92 Å². The van der Waals surface area contributed by atoms with E-state index in [2.05, 4.69) is 0 Å². The molecule has 0 fully saturated rings. The number of imide groups is 1. The van der Waals surface area contributed by atoms with Crippen molar-refractivity contribution in [1.29, 1.82) is 0 Å². The number of hydrogen-bond acceptors (Lipinski definition) is 4.